The molecule has 5 heterocycles. The van der Waals surface area contributed by atoms with E-state index in [-0.39, 0.29) is 17.7 Å². The lowest BCUT2D eigenvalue weighted by Crippen LogP contribution is -2.48. The molecule has 1 fully saturated rings. The molecule has 0 aliphatic carbocycles. The van der Waals surface area contributed by atoms with E-state index in [1.165, 1.54) is 18.5 Å². The molecular weight excluding hydrogens is 470 g/mol. The third kappa shape index (κ3) is 4.90. The number of aliphatic hydroxyl groups is 3. The van der Waals surface area contributed by atoms with E-state index in [1.54, 1.807) is 28.4 Å². The van der Waals surface area contributed by atoms with Gasteiger partial charge in [-0.1, -0.05) is 0 Å². The molecule has 4 aromatic rings. The topological polar surface area (TPSA) is 169 Å². The second-order valence-corrected chi connectivity index (χ2v) is 8.74. The summed E-state index contributed by atoms with van der Waals surface area (Å²) in [4.78, 5) is 21.1. The Morgan fingerprint density at radius 3 is 2.67 bits per heavy atom. The average Bonchev–Trinajstić information content (AvgIpc) is 3.58. The van der Waals surface area contributed by atoms with Crippen LogP contribution in [0, 0.1) is 0 Å². The van der Waals surface area contributed by atoms with Crippen LogP contribution < -0.4 is 10.1 Å². The van der Waals surface area contributed by atoms with Crippen molar-refractivity contribution in [1.29, 1.82) is 0 Å². The molecule has 1 saturated heterocycles. The van der Waals surface area contributed by atoms with E-state index in [0.29, 0.717) is 41.4 Å². The van der Waals surface area contributed by atoms with Gasteiger partial charge in [-0.25, -0.2) is 4.52 Å². The molecule has 0 radical (unpaired) electrons. The Kier molecular flexibility index (Phi) is 6.14. The lowest BCUT2D eigenvalue weighted by molar-refractivity contribution is -0.323. The maximum absolute atomic E-state index is 12.2. The lowest BCUT2D eigenvalue weighted by atomic mass is 10.1. The minimum atomic E-state index is -3.35. The first kappa shape index (κ1) is 23.8. The van der Waals surface area contributed by atoms with Gasteiger partial charge in [0.15, 0.2) is 5.65 Å². The monoisotopic (exact) mass is 495 g/mol. The van der Waals surface area contributed by atoms with Crippen molar-refractivity contribution >= 4 is 11.6 Å². The zero-order valence-corrected chi connectivity index (χ0v) is 19.6. The molecule has 5 rings (SSSR count). The number of rotatable bonds is 7. The summed E-state index contributed by atoms with van der Waals surface area (Å²) in [5, 5.41) is 37.6. The zero-order chi connectivity index (χ0) is 25.4. The van der Waals surface area contributed by atoms with E-state index >= 15 is 0 Å². The van der Waals surface area contributed by atoms with E-state index < -0.39 is 12.0 Å². The maximum atomic E-state index is 12.2. The first-order valence-electron chi connectivity index (χ1n) is 11.3. The lowest BCUT2D eigenvalue weighted by Gasteiger charge is -2.15. The number of carbonyl (C=O) groups is 1. The molecule has 4 aromatic heterocycles. The molecule has 36 heavy (non-hydrogen) atoms. The molecule has 188 valence electrons. The van der Waals surface area contributed by atoms with Crippen LogP contribution in [0.3, 0.4) is 0 Å². The summed E-state index contributed by atoms with van der Waals surface area (Å²) in [6.45, 7) is 5.15. The van der Waals surface area contributed by atoms with Gasteiger partial charge in [-0.3, -0.25) is 19.8 Å². The Morgan fingerprint density at radius 1 is 1.14 bits per heavy atom. The predicted molar refractivity (Wildman–Crippen MR) is 125 cm³/mol. The standard InChI is InChI=1S/C23H25N7O6/c1-13(2)29-10-16(8-25-29)19-11-30-20(27-22(19)36-17-3-4-35-12-17)18(9-26-30)14-5-15(7-24-6-14)21(31)28-23(32,33)34/h5-11,13,17,32-34H,3-4,12H2,1-2H3,(H,28,31). The number of fused-ring (bicyclic) bond motifs is 1. The first-order chi connectivity index (χ1) is 17.2. The van der Waals surface area contributed by atoms with E-state index in [0.717, 1.165) is 12.0 Å². The van der Waals surface area contributed by atoms with Crippen LogP contribution in [0.5, 0.6) is 5.88 Å². The fourth-order valence-electron chi connectivity index (χ4n) is 3.85. The highest BCUT2D eigenvalue weighted by Gasteiger charge is 2.25. The number of carbonyl (C=O) groups excluding carboxylic acids is 1. The van der Waals surface area contributed by atoms with Crippen LogP contribution in [0.1, 0.15) is 36.7 Å². The Morgan fingerprint density at radius 2 is 1.97 bits per heavy atom. The van der Waals surface area contributed by atoms with Crippen LogP contribution in [0.4, 0.5) is 0 Å². The number of nitrogens with one attached hydrogen (secondary N) is 1. The van der Waals surface area contributed by atoms with E-state index in [2.05, 4.69) is 15.2 Å². The second kappa shape index (κ2) is 9.28. The SMILES string of the molecule is CC(C)n1cc(-c2cn3ncc(-c4cncc(C(=O)NC(O)(O)O)c4)c3nc2OC2CCOC2)cn1. The molecule has 1 amide bonds. The minimum absolute atomic E-state index is 0.00864. The molecule has 4 N–H and O–H groups in total. The largest absolute Gasteiger partial charge is 0.471 e. The summed E-state index contributed by atoms with van der Waals surface area (Å²) in [6, 6.07) is 1.66. The van der Waals surface area contributed by atoms with Crippen LogP contribution in [0.15, 0.2) is 43.2 Å². The summed E-state index contributed by atoms with van der Waals surface area (Å²) in [7, 11) is 0. The van der Waals surface area contributed by atoms with Crippen LogP contribution in [-0.4, -0.2) is 76.0 Å². The first-order valence-corrected chi connectivity index (χ1v) is 11.3. The molecule has 0 spiro atoms. The highest BCUT2D eigenvalue weighted by molar-refractivity contribution is 5.95. The Balaban J connectivity index is 1.57. The normalized spacial score (nSPS) is 16.1. The van der Waals surface area contributed by atoms with Gasteiger partial charge in [-0.05, 0) is 19.9 Å². The molecule has 1 aliphatic heterocycles. The van der Waals surface area contributed by atoms with E-state index in [1.807, 2.05) is 24.7 Å². The smallest absolute Gasteiger partial charge is 0.369 e. The molecular formula is C23H25N7O6. The second-order valence-electron chi connectivity index (χ2n) is 8.74. The number of ether oxygens (including phenoxy) is 2. The Labute approximate surface area is 204 Å². The predicted octanol–water partition coefficient (Wildman–Crippen LogP) is 0.721. The van der Waals surface area contributed by atoms with Crippen LogP contribution in [0.2, 0.25) is 0 Å². The number of hydrogen-bond donors (Lipinski definition) is 4. The molecule has 1 unspecified atom stereocenters. The summed E-state index contributed by atoms with van der Waals surface area (Å²) in [5.74, 6) is -0.536. The van der Waals surface area contributed by atoms with E-state index in [4.69, 9.17) is 29.8 Å². The van der Waals surface area contributed by atoms with Gasteiger partial charge < -0.3 is 24.8 Å². The number of pyridine rings is 1. The fourth-order valence-corrected chi connectivity index (χ4v) is 3.85. The number of hydrogen-bond acceptors (Lipinski definition) is 10. The fraction of sp³-hybridized carbons (Fsp3) is 0.348. The van der Waals surface area contributed by atoms with Crippen molar-refractivity contribution in [1.82, 2.24) is 34.7 Å². The highest BCUT2D eigenvalue weighted by atomic mass is 16.7. The average molecular weight is 495 g/mol. The van der Waals surface area contributed by atoms with Crippen molar-refractivity contribution < 1.29 is 29.6 Å². The summed E-state index contributed by atoms with van der Waals surface area (Å²) in [5.41, 5.74) is 3.06. The number of aromatic nitrogens is 6. The van der Waals surface area contributed by atoms with Crippen molar-refractivity contribution in [3.63, 3.8) is 0 Å². The molecule has 0 saturated carbocycles. The minimum Gasteiger partial charge on any atom is -0.471 e. The Bertz CT molecular complexity index is 1400. The Hall–Kier alpha value is -3.91. The van der Waals surface area contributed by atoms with Crippen molar-refractivity contribution in [2.45, 2.75) is 38.5 Å². The van der Waals surface area contributed by atoms with Gasteiger partial charge in [-0.2, -0.15) is 15.2 Å². The molecule has 0 aromatic carbocycles. The van der Waals surface area contributed by atoms with Gasteiger partial charge in [0.1, 0.15) is 6.10 Å². The van der Waals surface area contributed by atoms with Gasteiger partial charge >= 0.3 is 6.10 Å². The van der Waals surface area contributed by atoms with Crippen molar-refractivity contribution in [3.8, 4) is 28.1 Å². The van der Waals surface area contributed by atoms with Crippen LogP contribution in [-0.2, 0) is 4.74 Å². The van der Waals surface area contributed by atoms with Crippen molar-refractivity contribution in [2.24, 2.45) is 0 Å². The van der Waals surface area contributed by atoms with Gasteiger partial charge in [-0.15, -0.1) is 0 Å². The highest BCUT2D eigenvalue weighted by Crippen LogP contribution is 2.33. The van der Waals surface area contributed by atoms with Gasteiger partial charge in [0, 0.05) is 53.9 Å². The molecule has 13 nitrogen and oxygen atoms in total. The van der Waals surface area contributed by atoms with E-state index in [9.17, 15) is 4.79 Å². The molecule has 1 aliphatic rings. The molecule has 0 bridgehead atoms. The van der Waals surface area contributed by atoms with Gasteiger partial charge in [0.25, 0.3) is 5.91 Å². The number of nitrogens with zero attached hydrogens (tertiary/aromatic N) is 6. The maximum Gasteiger partial charge on any atom is 0.369 e. The zero-order valence-electron chi connectivity index (χ0n) is 19.6. The summed E-state index contributed by atoms with van der Waals surface area (Å²) in [6.07, 6.45) is 7.05. The molecule has 13 heteroatoms. The van der Waals surface area contributed by atoms with Gasteiger partial charge in [0.2, 0.25) is 5.88 Å². The third-order valence-corrected chi connectivity index (χ3v) is 5.66. The van der Waals surface area contributed by atoms with Crippen LogP contribution >= 0.6 is 0 Å². The summed E-state index contributed by atoms with van der Waals surface area (Å²) >= 11 is 0. The third-order valence-electron chi connectivity index (χ3n) is 5.66. The summed E-state index contributed by atoms with van der Waals surface area (Å²) < 4.78 is 15.1. The number of amides is 1. The van der Waals surface area contributed by atoms with Crippen molar-refractivity contribution in [2.75, 3.05) is 13.2 Å². The quantitative estimate of drug-likeness (QED) is 0.268. The van der Waals surface area contributed by atoms with Crippen LogP contribution in [0.25, 0.3) is 27.9 Å². The van der Waals surface area contributed by atoms with Gasteiger partial charge in [0.05, 0.1) is 36.7 Å². The van der Waals surface area contributed by atoms with Crippen molar-refractivity contribution in [3.05, 3.63) is 48.8 Å². The molecule has 1 atom stereocenters.